The van der Waals surface area contributed by atoms with Crippen LogP contribution in [0.15, 0.2) is 90.4 Å². The van der Waals surface area contributed by atoms with E-state index in [-0.39, 0.29) is 5.91 Å². The highest BCUT2D eigenvalue weighted by atomic mass is 16.5. The van der Waals surface area contributed by atoms with E-state index in [2.05, 4.69) is 51.9 Å². The van der Waals surface area contributed by atoms with Gasteiger partial charge in [0.15, 0.2) is 0 Å². The van der Waals surface area contributed by atoms with Gasteiger partial charge in [-0.25, -0.2) is 4.68 Å². The average Bonchev–Trinajstić information content (AvgIpc) is 3.36. The van der Waals surface area contributed by atoms with Gasteiger partial charge in [-0.15, -0.1) is 0 Å². The number of ether oxygens (including phenoxy) is 2. The Morgan fingerprint density at radius 1 is 1.06 bits per heavy atom. The van der Waals surface area contributed by atoms with E-state index in [1.807, 2.05) is 43.3 Å². The van der Waals surface area contributed by atoms with E-state index in [4.69, 9.17) is 9.47 Å². The lowest BCUT2D eigenvalue weighted by atomic mass is 9.94. The van der Waals surface area contributed by atoms with Crippen LogP contribution in [0.25, 0.3) is 0 Å². The zero-order valence-corrected chi connectivity index (χ0v) is 20.4. The number of benzene rings is 3. The maximum Gasteiger partial charge on any atom is 0.255 e. The van der Waals surface area contributed by atoms with Crippen molar-refractivity contribution in [1.29, 1.82) is 0 Å². The number of carbonyl (C=O) groups excluding carboxylic acids is 1. The quantitative estimate of drug-likeness (QED) is 0.382. The highest BCUT2D eigenvalue weighted by Gasteiger charge is 2.34. The molecule has 0 saturated heterocycles. The smallest absolute Gasteiger partial charge is 0.255 e. The number of aromatic nitrogens is 3. The molecule has 182 valence electrons. The van der Waals surface area contributed by atoms with Crippen LogP contribution in [0.4, 0.5) is 11.6 Å². The summed E-state index contributed by atoms with van der Waals surface area (Å²) in [6.45, 7) is 4.36. The largest absolute Gasteiger partial charge is 0.495 e. The Morgan fingerprint density at radius 2 is 1.86 bits per heavy atom. The molecule has 8 nitrogen and oxygen atoms in total. The fourth-order valence-corrected chi connectivity index (χ4v) is 4.26. The number of anilines is 2. The summed E-state index contributed by atoms with van der Waals surface area (Å²) < 4.78 is 13.2. The fraction of sp³-hybridized carbons (Fsp3) is 0.179. The first kappa shape index (κ1) is 23.2. The number of para-hydroxylation sites is 2. The van der Waals surface area contributed by atoms with Gasteiger partial charge in [-0.1, -0.05) is 54.1 Å². The summed E-state index contributed by atoms with van der Waals surface area (Å²) in [5.41, 5.74) is 4.95. The number of nitrogens with zero attached hydrogens (tertiary/aromatic N) is 3. The maximum absolute atomic E-state index is 13.6. The van der Waals surface area contributed by atoms with Gasteiger partial charge >= 0.3 is 0 Å². The lowest BCUT2D eigenvalue weighted by molar-refractivity contribution is -0.113. The van der Waals surface area contributed by atoms with Gasteiger partial charge in [0, 0.05) is 5.70 Å². The lowest BCUT2D eigenvalue weighted by Gasteiger charge is -2.29. The van der Waals surface area contributed by atoms with E-state index in [0.29, 0.717) is 41.0 Å². The standard InChI is InChI=1S/C28H27N5O3/c1-18-11-13-20(14-12-18)16-36-22-8-6-7-21(15-22)26-25(19(2)31-28-29-17-30-33(26)28)27(34)32-23-9-4-5-10-24(23)35-3/h4-15,17,26H,16H2,1-3H3,(H,32,34)(H,29,30,31)/t26-/m1/s1. The van der Waals surface area contributed by atoms with Crippen LogP contribution in [0, 0.1) is 6.92 Å². The molecule has 8 heteroatoms. The summed E-state index contributed by atoms with van der Waals surface area (Å²) in [5.74, 6) is 1.59. The minimum Gasteiger partial charge on any atom is -0.495 e. The van der Waals surface area contributed by atoms with Gasteiger partial charge in [0.05, 0.1) is 18.4 Å². The van der Waals surface area contributed by atoms with Gasteiger partial charge in [0.2, 0.25) is 5.95 Å². The van der Waals surface area contributed by atoms with Gasteiger partial charge < -0.3 is 20.1 Å². The molecule has 5 rings (SSSR count). The van der Waals surface area contributed by atoms with Crippen molar-refractivity contribution in [3.05, 3.63) is 107 Å². The van der Waals surface area contributed by atoms with E-state index in [1.54, 1.807) is 23.9 Å². The molecule has 0 saturated carbocycles. The molecule has 1 aliphatic rings. The number of fused-ring (bicyclic) bond motifs is 1. The third-order valence-corrected chi connectivity index (χ3v) is 6.09. The van der Waals surface area contributed by atoms with E-state index in [9.17, 15) is 4.79 Å². The third-order valence-electron chi connectivity index (χ3n) is 6.09. The zero-order valence-electron chi connectivity index (χ0n) is 20.4. The van der Waals surface area contributed by atoms with E-state index < -0.39 is 6.04 Å². The van der Waals surface area contributed by atoms with Gasteiger partial charge in [0.25, 0.3) is 5.91 Å². The number of methoxy groups -OCH3 is 1. The number of nitrogens with one attached hydrogen (secondary N) is 2. The fourth-order valence-electron chi connectivity index (χ4n) is 4.26. The van der Waals surface area contributed by atoms with Gasteiger partial charge in [0.1, 0.15) is 30.5 Å². The van der Waals surface area contributed by atoms with Crippen molar-refractivity contribution in [1.82, 2.24) is 14.8 Å². The monoisotopic (exact) mass is 481 g/mol. The average molecular weight is 482 g/mol. The van der Waals surface area contributed by atoms with Crippen molar-refractivity contribution in [3.63, 3.8) is 0 Å². The Hall–Kier alpha value is -4.59. The topological polar surface area (TPSA) is 90.3 Å². The zero-order chi connectivity index (χ0) is 25.1. The van der Waals surface area contributed by atoms with Crippen molar-refractivity contribution in [2.75, 3.05) is 17.7 Å². The van der Waals surface area contributed by atoms with Crippen LogP contribution in [0.1, 0.15) is 29.7 Å². The molecule has 0 aliphatic carbocycles. The van der Waals surface area contributed by atoms with Crippen molar-refractivity contribution in [2.45, 2.75) is 26.5 Å². The molecule has 1 atom stereocenters. The Bertz CT molecular complexity index is 1430. The molecule has 36 heavy (non-hydrogen) atoms. The minimum atomic E-state index is -0.499. The summed E-state index contributed by atoms with van der Waals surface area (Å²) in [5, 5.41) is 10.6. The number of hydrogen-bond donors (Lipinski definition) is 2. The predicted molar refractivity (Wildman–Crippen MR) is 138 cm³/mol. The molecule has 1 aromatic heterocycles. The number of rotatable bonds is 7. The lowest BCUT2D eigenvalue weighted by Crippen LogP contribution is -2.31. The first-order valence-corrected chi connectivity index (χ1v) is 11.6. The Morgan fingerprint density at radius 3 is 2.67 bits per heavy atom. The highest BCUT2D eigenvalue weighted by molar-refractivity contribution is 6.06. The van der Waals surface area contributed by atoms with Crippen molar-refractivity contribution in [2.24, 2.45) is 0 Å². The third kappa shape index (κ3) is 4.65. The molecular weight excluding hydrogens is 454 g/mol. The van der Waals surface area contributed by atoms with Gasteiger partial charge in [-0.3, -0.25) is 4.79 Å². The summed E-state index contributed by atoms with van der Waals surface area (Å²) >= 11 is 0. The number of hydrogen-bond acceptors (Lipinski definition) is 6. The first-order valence-electron chi connectivity index (χ1n) is 11.6. The molecule has 2 heterocycles. The summed E-state index contributed by atoms with van der Waals surface area (Å²) in [6.07, 6.45) is 1.47. The molecule has 0 spiro atoms. The minimum absolute atomic E-state index is 0.262. The maximum atomic E-state index is 13.6. The van der Waals surface area contributed by atoms with Crippen molar-refractivity contribution in [3.8, 4) is 11.5 Å². The van der Waals surface area contributed by atoms with Crippen LogP contribution >= 0.6 is 0 Å². The van der Waals surface area contributed by atoms with Crippen LogP contribution in [0.3, 0.4) is 0 Å². The number of carbonyl (C=O) groups is 1. The highest BCUT2D eigenvalue weighted by Crippen LogP contribution is 2.37. The van der Waals surface area contributed by atoms with Crippen molar-refractivity contribution >= 4 is 17.5 Å². The molecular formula is C28H27N5O3. The Balaban J connectivity index is 1.46. The molecule has 0 fully saturated rings. The molecule has 3 aromatic carbocycles. The van der Waals surface area contributed by atoms with E-state index >= 15 is 0 Å². The van der Waals surface area contributed by atoms with Crippen LogP contribution in [-0.2, 0) is 11.4 Å². The number of amides is 1. The van der Waals surface area contributed by atoms with E-state index in [0.717, 1.165) is 11.1 Å². The SMILES string of the molecule is COc1ccccc1NC(=O)C1=C(C)Nc2ncnn2[C@@H]1c1cccc(OCc2ccc(C)cc2)c1. The molecule has 1 amide bonds. The summed E-state index contributed by atoms with van der Waals surface area (Å²) in [7, 11) is 1.57. The second-order valence-electron chi connectivity index (χ2n) is 8.60. The molecule has 2 N–H and O–H groups in total. The normalized spacial score (nSPS) is 14.6. The molecule has 1 aliphatic heterocycles. The predicted octanol–water partition coefficient (Wildman–Crippen LogP) is 5.10. The summed E-state index contributed by atoms with van der Waals surface area (Å²) in [6, 6.07) is 22.8. The molecule has 0 bridgehead atoms. The second kappa shape index (κ2) is 9.95. The van der Waals surface area contributed by atoms with Gasteiger partial charge in [-0.2, -0.15) is 10.1 Å². The number of allylic oxidation sites excluding steroid dienone is 1. The van der Waals surface area contributed by atoms with E-state index in [1.165, 1.54) is 11.9 Å². The number of aryl methyl sites for hydroxylation is 1. The van der Waals surface area contributed by atoms with Gasteiger partial charge in [-0.05, 0) is 49.2 Å². The van der Waals surface area contributed by atoms with Crippen molar-refractivity contribution < 1.29 is 14.3 Å². The molecule has 4 aromatic rings. The van der Waals surface area contributed by atoms with Crippen LogP contribution in [0.5, 0.6) is 11.5 Å². The molecule has 0 radical (unpaired) electrons. The summed E-state index contributed by atoms with van der Waals surface area (Å²) in [4.78, 5) is 17.9. The second-order valence-corrected chi connectivity index (χ2v) is 8.60. The van der Waals surface area contributed by atoms with Crippen LogP contribution in [-0.4, -0.2) is 27.8 Å². The van der Waals surface area contributed by atoms with Crippen LogP contribution < -0.4 is 20.1 Å². The molecule has 0 unspecified atom stereocenters. The Kier molecular flexibility index (Phi) is 6.40. The van der Waals surface area contributed by atoms with Crippen LogP contribution in [0.2, 0.25) is 0 Å². The first-order chi connectivity index (χ1) is 17.5. The Labute approximate surface area is 209 Å².